The van der Waals surface area contributed by atoms with E-state index in [-0.39, 0.29) is 5.41 Å². The lowest BCUT2D eigenvalue weighted by Crippen LogP contribution is -2.06. The molecular formula is C11H16O2. The molecule has 0 aliphatic heterocycles. The Morgan fingerprint density at radius 1 is 1.46 bits per heavy atom. The molecule has 1 rings (SSSR count). The molecule has 0 unspecified atom stereocenters. The Labute approximate surface area is 78.9 Å². The predicted molar refractivity (Wildman–Crippen MR) is 51.9 cm³/mol. The van der Waals surface area contributed by atoms with Gasteiger partial charge in [0.2, 0.25) is 0 Å². The van der Waals surface area contributed by atoms with Gasteiger partial charge in [0.25, 0.3) is 0 Å². The molecule has 2 heteroatoms. The van der Waals surface area contributed by atoms with Gasteiger partial charge in [0.05, 0.1) is 11.8 Å². The van der Waals surface area contributed by atoms with Crippen LogP contribution in [0.25, 0.3) is 0 Å². The van der Waals surface area contributed by atoms with Crippen LogP contribution >= 0.6 is 0 Å². The quantitative estimate of drug-likeness (QED) is 0.669. The molecule has 13 heavy (non-hydrogen) atoms. The average Bonchev–Trinajstić information content (AvgIpc) is 2.46. The molecule has 0 aliphatic rings. The van der Waals surface area contributed by atoms with Crippen LogP contribution in [-0.4, -0.2) is 6.29 Å². The van der Waals surface area contributed by atoms with Gasteiger partial charge in [0.15, 0.2) is 6.29 Å². The molecule has 0 saturated carbocycles. The Morgan fingerprint density at radius 2 is 2.15 bits per heavy atom. The van der Waals surface area contributed by atoms with E-state index in [1.165, 1.54) is 0 Å². The van der Waals surface area contributed by atoms with Gasteiger partial charge < -0.3 is 4.42 Å². The van der Waals surface area contributed by atoms with Crippen LogP contribution in [0.3, 0.4) is 0 Å². The summed E-state index contributed by atoms with van der Waals surface area (Å²) in [5.74, 6) is 0.810. The number of carbonyl (C=O) groups is 1. The maximum Gasteiger partial charge on any atom is 0.153 e. The highest BCUT2D eigenvalue weighted by Crippen LogP contribution is 2.22. The number of hydrogen-bond acceptors (Lipinski definition) is 2. The fourth-order valence-electron chi connectivity index (χ4n) is 1.15. The third-order valence-corrected chi connectivity index (χ3v) is 2.01. The van der Waals surface area contributed by atoms with E-state index in [0.29, 0.717) is 5.56 Å². The summed E-state index contributed by atoms with van der Waals surface area (Å²) in [6.45, 7) is 6.53. The number of rotatable bonds is 3. The van der Waals surface area contributed by atoms with Gasteiger partial charge in [-0.15, -0.1) is 0 Å². The van der Waals surface area contributed by atoms with Crippen molar-refractivity contribution in [3.63, 3.8) is 0 Å². The van der Waals surface area contributed by atoms with Crippen LogP contribution in [0.5, 0.6) is 0 Å². The molecule has 0 aromatic carbocycles. The molecule has 2 nitrogen and oxygen atoms in total. The number of aryl methyl sites for hydroxylation is 1. The first-order valence-electron chi connectivity index (χ1n) is 4.54. The lowest BCUT2D eigenvalue weighted by Gasteiger charge is -2.16. The number of furan rings is 1. The third-order valence-electron chi connectivity index (χ3n) is 2.01. The van der Waals surface area contributed by atoms with Crippen LogP contribution in [0.2, 0.25) is 0 Å². The van der Waals surface area contributed by atoms with Crippen molar-refractivity contribution >= 4 is 6.29 Å². The zero-order valence-electron chi connectivity index (χ0n) is 8.46. The zero-order valence-corrected chi connectivity index (χ0v) is 8.46. The summed E-state index contributed by atoms with van der Waals surface area (Å²) >= 11 is 0. The average molecular weight is 180 g/mol. The fourth-order valence-corrected chi connectivity index (χ4v) is 1.15. The molecule has 0 aliphatic carbocycles. The molecule has 0 atom stereocenters. The normalized spacial score (nSPS) is 11.6. The molecule has 0 saturated heterocycles. The Kier molecular flexibility index (Phi) is 2.91. The van der Waals surface area contributed by atoms with E-state index in [9.17, 15) is 4.79 Å². The van der Waals surface area contributed by atoms with E-state index in [2.05, 4.69) is 20.8 Å². The van der Waals surface area contributed by atoms with Gasteiger partial charge in [-0.05, 0) is 17.9 Å². The van der Waals surface area contributed by atoms with Crippen molar-refractivity contribution in [2.45, 2.75) is 33.6 Å². The lowest BCUT2D eigenvalue weighted by atomic mass is 9.89. The van der Waals surface area contributed by atoms with E-state index in [4.69, 9.17) is 4.42 Å². The molecule has 1 aromatic rings. The van der Waals surface area contributed by atoms with Crippen LogP contribution in [0.15, 0.2) is 16.7 Å². The fraction of sp³-hybridized carbons (Fsp3) is 0.545. The Hall–Kier alpha value is -1.05. The number of hydrogen-bond donors (Lipinski definition) is 0. The number of carbonyl (C=O) groups excluding carboxylic acids is 1. The van der Waals surface area contributed by atoms with Crippen molar-refractivity contribution in [3.8, 4) is 0 Å². The van der Waals surface area contributed by atoms with E-state index in [1.807, 2.05) is 0 Å². The Balaban J connectivity index is 2.59. The highest BCUT2D eigenvalue weighted by molar-refractivity contribution is 5.75. The monoisotopic (exact) mass is 180 g/mol. The minimum Gasteiger partial charge on any atom is -0.469 e. The van der Waals surface area contributed by atoms with Crippen molar-refractivity contribution in [2.24, 2.45) is 5.41 Å². The van der Waals surface area contributed by atoms with Crippen molar-refractivity contribution in [2.75, 3.05) is 0 Å². The van der Waals surface area contributed by atoms with E-state index in [1.54, 1.807) is 12.3 Å². The van der Waals surface area contributed by atoms with E-state index < -0.39 is 0 Å². The maximum absolute atomic E-state index is 10.6. The molecule has 0 fully saturated rings. The van der Waals surface area contributed by atoms with Gasteiger partial charge in [-0.3, -0.25) is 4.79 Å². The molecule has 1 aromatic heterocycles. The van der Waals surface area contributed by atoms with Gasteiger partial charge in [-0.2, -0.15) is 0 Å². The molecule has 0 bridgehead atoms. The largest absolute Gasteiger partial charge is 0.469 e. The lowest BCUT2D eigenvalue weighted by molar-refractivity contribution is 0.112. The minimum atomic E-state index is 0.285. The molecule has 0 radical (unpaired) electrons. The first-order chi connectivity index (χ1) is 6.03. The minimum absolute atomic E-state index is 0.285. The predicted octanol–water partition coefficient (Wildman–Crippen LogP) is 3.07. The van der Waals surface area contributed by atoms with Crippen molar-refractivity contribution < 1.29 is 9.21 Å². The summed E-state index contributed by atoms with van der Waals surface area (Å²) in [6, 6.07) is 1.71. The van der Waals surface area contributed by atoms with Crippen LogP contribution in [0, 0.1) is 5.41 Å². The van der Waals surface area contributed by atoms with Gasteiger partial charge >= 0.3 is 0 Å². The van der Waals surface area contributed by atoms with Gasteiger partial charge in [0.1, 0.15) is 5.76 Å². The molecule has 1 heterocycles. The maximum atomic E-state index is 10.6. The highest BCUT2D eigenvalue weighted by Gasteiger charge is 2.13. The van der Waals surface area contributed by atoms with Gasteiger partial charge in [-0.1, -0.05) is 20.8 Å². The summed E-state index contributed by atoms with van der Waals surface area (Å²) in [7, 11) is 0. The van der Waals surface area contributed by atoms with Crippen LogP contribution in [-0.2, 0) is 6.42 Å². The highest BCUT2D eigenvalue weighted by atomic mass is 16.3. The zero-order chi connectivity index (χ0) is 9.90. The summed E-state index contributed by atoms with van der Waals surface area (Å²) in [5.41, 5.74) is 0.969. The van der Waals surface area contributed by atoms with Crippen LogP contribution < -0.4 is 0 Å². The van der Waals surface area contributed by atoms with Crippen molar-refractivity contribution in [1.29, 1.82) is 0 Å². The standard InChI is InChI=1S/C11H16O2/c1-11(2,3)6-4-10-9(8-12)5-7-13-10/h5,7-8H,4,6H2,1-3H3. The van der Waals surface area contributed by atoms with Gasteiger partial charge in [-0.25, -0.2) is 0 Å². The summed E-state index contributed by atoms with van der Waals surface area (Å²) in [4.78, 5) is 10.6. The van der Waals surface area contributed by atoms with E-state index in [0.717, 1.165) is 24.9 Å². The van der Waals surface area contributed by atoms with Crippen LogP contribution in [0.1, 0.15) is 43.3 Å². The molecule has 0 N–H and O–H groups in total. The molecule has 0 spiro atoms. The van der Waals surface area contributed by atoms with Crippen molar-refractivity contribution in [3.05, 3.63) is 23.7 Å². The molecular weight excluding hydrogens is 164 g/mol. The smallest absolute Gasteiger partial charge is 0.153 e. The van der Waals surface area contributed by atoms with Crippen LogP contribution in [0.4, 0.5) is 0 Å². The summed E-state index contributed by atoms with van der Waals surface area (Å²) in [5, 5.41) is 0. The molecule has 72 valence electrons. The number of aldehydes is 1. The summed E-state index contributed by atoms with van der Waals surface area (Å²) < 4.78 is 5.22. The SMILES string of the molecule is CC(C)(C)CCc1occc1C=O. The first-order valence-corrected chi connectivity index (χ1v) is 4.54. The van der Waals surface area contributed by atoms with Crippen molar-refractivity contribution in [1.82, 2.24) is 0 Å². The Morgan fingerprint density at radius 3 is 2.69 bits per heavy atom. The molecule has 0 amide bonds. The second kappa shape index (κ2) is 3.77. The topological polar surface area (TPSA) is 30.2 Å². The second-order valence-corrected chi connectivity index (χ2v) is 4.48. The first kappa shape index (κ1) is 10.0. The Bertz CT molecular complexity index is 279. The van der Waals surface area contributed by atoms with E-state index >= 15 is 0 Å². The second-order valence-electron chi connectivity index (χ2n) is 4.48. The summed E-state index contributed by atoms with van der Waals surface area (Å²) in [6.07, 6.45) is 4.29. The van der Waals surface area contributed by atoms with Gasteiger partial charge in [0, 0.05) is 6.42 Å². The third kappa shape index (κ3) is 3.05.